The number of benzene rings is 1. The highest BCUT2D eigenvalue weighted by Crippen LogP contribution is 2.38. The van der Waals surface area contributed by atoms with Crippen LogP contribution in [0.1, 0.15) is 84.3 Å². The fourth-order valence-corrected chi connectivity index (χ4v) is 4.50. The van der Waals surface area contributed by atoms with Crippen molar-refractivity contribution in [3.8, 4) is 0 Å². The number of fused-ring (bicyclic) bond motifs is 1. The van der Waals surface area contributed by atoms with Crippen LogP contribution >= 0.6 is 0 Å². The third-order valence-electron chi connectivity index (χ3n) is 5.90. The zero-order chi connectivity index (χ0) is 19.7. The number of ether oxygens (including phenoxy) is 1. The molecule has 0 bridgehead atoms. The molecule has 0 unspecified atom stereocenters. The Bertz CT molecular complexity index is 667. The van der Waals surface area contributed by atoms with Crippen molar-refractivity contribution >= 4 is 11.8 Å². The van der Waals surface area contributed by atoms with Crippen LogP contribution in [0.15, 0.2) is 18.2 Å². The Morgan fingerprint density at radius 2 is 1.78 bits per heavy atom. The highest BCUT2D eigenvalue weighted by Gasteiger charge is 2.28. The second kappa shape index (κ2) is 7.73. The predicted octanol–water partition coefficient (Wildman–Crippen LogP) is 5.55. The molecule has 2 N–H and O–H groups in total. The Labute approximate surface area is 164 Å². The van der Waals surface area contributed by atoms with E-state index in [4.69, 9.17) is 4.74 Å². The van der Waals surface area contributed by atoms with E-state index >= 15 is 0 Å². The first-order chi connectivity index (χ1) is 12.6. The summed E-state index contributed by atoms with van der Waals surface area (Å²) < 4.78 is 5.37. The van der Waals surface area contributed by atoms with Crippen molar-refractivity contribution in [2.24, 2.45) is 0 Å². The van der Waals surface area contributed by atoms with Crippen LogP contribution in [0.4, 0.5) is 10.5 Å². The van der Waals surface area contributed by atoms with E-state index in [0.29, 0.717) is 11.5 Å². The maximum Gasteiger partial charge on any atom is 0.407 e. The molecule has 150 valence electrons. The smallest absolute Gasteiger partial charge is 0.407 e. The number of hydrogen-bond donors (Lipinski definition) is 2. The minimum atomic E-state index is -0.441. The Kier molecular flexibility index (Phi) is 5.73. The summed E-state index contributed by atoms with van der Waals surface area (Å²) in [5.74, 6) is 0. The van der Waals surface area contributed by atoms with E-state index in [-0.39, 0.29) is 12.1 Å². The molecule has 0 aromatic heterocycles. The van der Waals surface area contributed by atoms with Crippen LogP contribution in [0.25, 0.3) is 0 Å². The lowest BCUT2D eigenvalue weighted by Crippen LogP contribution is -2.42. The zero-order valence-electron chi connectivity index (χ0n) is 17.7. The number of aryl methyl sites for hydroxylation is 1. The van der Waals surface area contributed by atoms with Gasteiger partial charge in [-0.15, -0.1) is 0 Å². The molecule has 0 saturated heterocycles. The molecule has 2 aliphatic carbocycles. The lowest BCUT2D eigenvalue weighted by atomic mass is 9.73. The van der Waals surface area contributed by atoms with E-state index in [2.05, 4.69) is 42.7 Å². The van der Waals surface area contributed by atoms with E-state index in [0.717, 1.165) is 25.7 Å². The molecule has 0 heterocycles. The first-order valence-electron chi connectivity index (χ1n) is 10.5. The molecular weight excluding hydrogens is 336 g/mol. The average Bonchev–Trinajstić information content (AvgIpc) is 2.54. The van der Waals surface area contributed by atoms with Crippen molar-refractivity contribution in [1.29, 1.82) is 0 Å². The first-order valence-corrected chi connectivity index (χ1v) is 10.5. The third-order valence-corrected chi connectivity index (χ3v) is 5.90. The number of carbonyl (C=O) groups excluding carboxylic acids is 1. The van der Waals surface area contributed by atoms with E-state index in [1.165, 1.54) is 36.1 Å². The molecule has 1 aromatic rings. The van der Waals surface area contributed by atoms with E-state index in [9.17, 15) is 4.79 Å². The minimum Gasteiger partial charge on any atom is -0.444 e. The normalized spacial score (nSPS) is 24.6. The zero-order valence-corrected chi connectivity index (χ0v) is 17.7. The number of carbonyl (C=O) groups is 1. The van der Waals surface area contributed by atoms with Gasteiger partial charge in [0.2, 0.25) is 0 Å². The molecular formula is C23H36N2O2. The molecule has 0 spiro atoms. The Morgan fingerprint density at radius 3 is 2.44 bits per heavy atom. The SMILES string of the molecule is CC(C)(C)OC(=O)NC1CCC(Nc2ccc3c(c2)CCCC3(C)C)CC1. The first kappa shape index (κ1) is 20.0. The van der Waals surface area contributed by atoms with Gasteiger partial charge >= 0.3 is 6.09 Å². The van der Waals surface area contributed by atoms with Crippen molar-refractivity contribution in [2.45, 2.75) is 103 Å². The van der Waals surface area contributed by atoms with Gasteiger partial charge in [0.05, 0.1) is 0 Å². The standard InChI is InChI=1S/C23H36N2O2/c1-22(2,3)27-21(26)25-18-10-8-17(9-11-18)24-19-12-13-20-16(15-19)7-6-14-23(20,4)5/h12-13,15,17-18,24H,6-11,14H2,1-5H3,(H,25,26). The molecule has 0 radical (unpaired) electrons. The Hall–Kier alpha value is -1.71. The van der Waals surface area contributed by atoms with Crippen LogP contribution in [0, 0.1) is 0 Å². The van der Waals surface area contributed by atoms with Crippen LogP contribution < -0.4 is 10.6 Å². The number of amides is 1. The van der Waals surface area contributed by atoms with E-state index in [1.54, 1.807) is 0 Å². The van der Waals surface area contributed by atoms with Gasteiger partial charge in [-0.25, -0.2) is 4.79 Å². The van der Waals surface area contributed by atoms with E-state index in [1.807, 2.05) is 20.8 Å². The van der Waals surface area contributed by atoms with E-state index < -0.39 is 5.60 Å². The van der Waals surface area contributed by atoms with Gasteiger partial charge < -0.3 is 15.4 Å². The summed E-state index contributed by atoms with van der Waals surface area (Å²) in [7, 11) is 0. The number of alkyl carbamates (subject to hydrolysis) is 1. The average molecular weight is 373 g/mol. The summed E-state index contributed by atoms with van der Waals surface area (Å²) in [5, 5.41) is 6.75. The molecule has 1 saturated carbocycles. The van der Waals surface area contributed by atoms with Gasteiger partial charge in [0.25, 0.3) is 0 Å². The van der Waals surface area contributed by atoms with Crippen LogP contribution in [0.2, 0.25) is 0 Å². The summed E-state index contributed by atoms with van der Waals surface area (Å²) in [4.78, 5) is 11.9. The monoisotopic (exact) mass is 372 g/mol. The lowest BCUT2D eigenvalue weighted by molar-refractivity contribution is 0.0492. The molecule has 3 rings (SSSR count). The van der Waals surface area contributed by atoms with Gasteiger partial charge in [0, 0.05) is 17.8 Å². The Morgan fingerprint density at radius 1 is 1.11 bits per heavy atom. The minimum absolute atomic E-state index is 0.224. The summed E-state index contributed by atoms with van der Waals surface area (Å²) >= 11 is 0. The van der Waals surface area contributed by atoms with Crippen LogP contribution in [-0.4, -0.2) is 23.8 Å². The molecule has 0 aliphatic heterocycles. The number of anilines is 1. The van der Waals surface area contributed by atoms with Gasteiger partial charge in [0.1, 0.15) is 5.60 Å². The molecule has 27 heavy (non-hydrogen) atoms. The van der Waals surface area contributed by atoms with Gasteiger partial charge in [-0.2, -0.15) is 0 Å². The van der Waals surface area contributed by atoms with Crippen LogP contribution in [0.5, 0.6) is 0 Å². The fraction of sp³-hybridized carbons (Fsp3) is 0.696. The van der Waals surface area contributed by atoms with Gasteiger partial charge in [-0.1, -0.05) is 19.9 Å². The predicted molar refractivity (Wildman–Crippen MR) is 111 cm³/mol. The Balaban J connectivity index is 1.50. The molecule has 1 aromatic carbocycles. The van der Waals surface area contributed by atoms with Gasteiger partial charge in [-0.05, 0) is 94.4 Å². The van der Waals surface area contributed by atoms with Crippen molar-refractivity contribution in [3.63, 3.8) is 0 Å². The summed E-state index contributed by atoms with van der Waals surface area (Å²) in [6.07, 6.45) is 7.60. The third kappa shape index (κ3) is 5.40. The van der Waals surface area contributed by atoms with Crippen molar-refractivity contribution in [1.82, 2.24) is 5.32 Å². The summed E-state index contributed by atoms with van der Waals surface area (Å²) in [5.41, 5.74) is 4.14. The molecule has 2 aliphatic rings. The van der Waals surface area contributed by atoms with Crippen LogP contribution in [0.3, 0.4) is 0 Å². The second-order valence-electron chi connectivity index (χ2n) is 9.95. The maximum atomic E-state index is 11.9. The highest BCUT2D eigenvalue weighted by atomic mass is 16.6. The van der Waals surface area contributed by atoms with Crippen LogP contribution in [-0.2, 0) is 16.6 Å². The van der Waals surface area contributed by atoms with Crippen molar-refractivity contribution in [3.05, 3.63) is 29.3 Å². The topological polar surface area (TPSA) is 50.4 Å². The molecule has 1 fully saturated rings. The van der Waals surface area contributed by atoms with Crippen molar-refractivity contribution in [2.75, 3.05) is 5.32 Å². The highest BCUT2D eigenvalue weighted by molar-refractivity contribution is 5.68. The number of hydrogen-bond acceptors (Lipinski definition) is 3. The van der Waals surface area contributed by atoms with Gasteiger partial charge in [0.15, 0.2) is 0 Å². The molecule has 0 atom stereocenters. The summed E-state index contributed by atoms with van der Waals surface area (Å²) in [6.45, 7) is 10.4. The summed E-state index contributed by atoms with van der Waals surface area (Å²) in [6, 6.07) is 7.64. The molecule has 4 nitrogen and oxygen atoms in total. The number of rotatable bonds is 3. The maximum absolute atomic E-state index is 11.9. The second-order valence-corrected chi connectivity index (χ2v) is 9.95. The number of nitrogens with one attached hydrogen (secondary N) is 2. The molecule has 1 amide bonds. The quantitative estimate of drug-likeness (QED) is 0.731. The van der Waals surface area contributed by atoms with Gasteiger partial charge in [-0.3, -0.25) is 0 Å². The molecule has 4 heteroatoms. The largest absolute Gasteiger partial charge is 0.444 e. The fourth-order valence-electron chi connectivity index (χ4n) is 4.50. The lowest BCUT2D eigenvalue weighted by Gasteiger charge is -2.34. The van der Waals surface area contributed by atoms with Crippen molar-refractivity contribution < 1.29 is 9.53 Å².